The number of amides is 1. The number of anilines is 2. The quantitative estimate of drug-likeness (QED) is 0.872. The summed E-state index contributed by atoms with van der Waals surface area (Å²) in [5, 5.41) is 7.03. The van der Waals surface area contributed by atoms with Gasteiger partial charge in [-0.1, -0.05) is 17.8 Å². The Hall–Kier alpha value is -1.49. The number of nitrogens with one attached hydrogen (secondary N) is 2. The third-order valence-electron chi connectivity index (χ3n) is 2.79. The second-order valence-corrected chi connectivity index (χ2v) is 6.30. The minimum atomic E-state index is -0.0670. The molecule has 102 valence electrons. The van der Waals surface area contributed by atoms with Gasteiger partial charge in [0.05, 0.1) is 5.54 Å². The molecule has 0 saturated heterocycles. The topological polar surface area (TPSA) is 53.5 Å². The van der Waals surface area contributed by atoms with Gasteiger partial charge in [-0.25, -0.2) is 0 Å². The van der Waals surface area contributed by atoms with Crippen LogP contribution in [0.25, 0.3) is 0 Å². The third-order valence-corrected chi connectivity index (χ3v) is 3.67. The molecule has 0 radical (unpaired) electrons. The van der Waals surface area contributed by atoms with Crippen molar-refractivity contribution in [2.24, 2.45) is 4.99 Å². The van der Waals surface area contributed by atoms with Crippen LogP contribution in [-0.2, 0) is 4.79 Å². The van der Waals surface area contributed by atoms with Gasteiger partial charge in [0.25, 0.3) is 0 Å². The van der Waals surface area contributed by atoms with E-state index in [9.17, 15) is 4.79 Å². The molecule has 4 nitrogen and oxygen atoms in total. The number of hydrogen-bond acceptors (Lipinski definition) is 4. The van der Waals surface area contributed by atoms with Crippen molar-refractivity contribution in [1.29, 1.82) is 0 Å². The molecule has 0 saturated carbocycles. The highest BCUT2D eigenvalue weighted by molar-refractivity contribution is 8.14. The van der Waals surface area contributed by atoms with Crippen LogP contribution in [0.4, 0.5) is 11.4 Å². The molecule has 2 N–H and O–H groups in total. The minimum Gasteiger partial charge on any atom is -0.335 e. The summed E-state index contributed by atoms with van der Waals surface area (Å²) in [5.74, 6) is 1.01. The normalized spacial score (nSPS) is 17.5. The van der Waals surface area contributed by atoms with Gasteiger partial charge in [0.15, 0.2) is 5.17 Å². The number of carbonyl (C=O) groups excluding carboxylic acids is 1. The number of aliphatic imine (C=N–C) groups is 1. The average Bonchev–Trinajstić information content (AvgIpc) is 2.26. The van der Waals surface area contributed by atoms with E-state index in [2.05, 4.69) is 29.5 Å². The van der Waals surface area contributed by atoms with E-state index < -0.39 is 0 Å². The van der Waals surface area contributed by atoms with E-state index in [1.165, 1.54) is 6.92 Å². The van der Waals surface area contributed by atoms with Gasteiger partial charge in [-0.2, -0.15) is 0 Å². The van der Waals surface area contributed by atoms with E-state index in [1.54, 1.807) is 11.8 Å². The van der Waals surface area contributed by atoms with Gasteiger partial charge in [0, 0.05) is 24.1 Å². The van der Waals surface area contributed by atoms with Gasteiger partial charge in [0.1, 0.15) is 0 Å². The van der Waals surface area contributed by atoms with Gasteiger partial charge in [-0.05, 0) is 38.5 Å². The molecular formula is C14H19N3OS. The van der Waals surface area contributed by atoms with Gasteiger partial charge >= 0.3 is 0 Å². The number of hydrogen-bond donors (Lipinski definition) is 2. The molecule has 2 rings (SSSR count). The molecule has 1 aromatic carbocycles. The highest BCUT2D eigenvalue weighted by Gasteiger charge is 2.22. The first-order valence-electron chi connectivity index (χ1n) is 6.32. The minimum absolute atomic E-state index is 0.00281. The zero-order valence-electron chi connectivity index (χ0n) is 11.5. The molecule has 1 aliphatic heterocycles. The van der Waals surface area contributed by atoms with Crippen LogP contribution in [0.15, 0.2) is 29.3 Å². The van der Waals surface area contributed by atoms with Crippen molar-refractivity contribution in [3.63, 3.8) is 0 Å². The lowest BCUT2D eigenvalue weighted by Gasteiger charge is -2.26. The summed E-state index contributed by atoms with van der Waals surface area (Å²) in [6.07, 6.45) is 1.09. The second-order valence-electron chi connectivity index (χ2n) is 5.21. The lowest BCUT2D eigenvalue weighted by molar-refractivity contribution is -0.114. The molecule has 19 heavy (non-hydrogen) atoms. The maximum atomic E-state index is 11.0. The summed E-state index contributed by atoms with van der Waals surface area (Å²) in [6, 6.07) is 7.65. The summed E-state index contributed by atoms with van der Waals surface area (Å²) >= 11 is 1.73. The molecule has 0 spiro atoms. The van der Waals surface area contributed by atoms with Gasteiger partial charge in [-0.3, -0.25) is 9.79 Å². The summed E-state index contributed by atoms with van der Waals surface area (Å²) in [4.78, 5) is 15.7. The Morgan fingerprint density at radius 3 is 2.79 bits per heavy atom. The van der Waals surface area contributed by atoms with E-state index in [0.717, 1.165) is 28.7 Å². The third kappa shape index (κ3) is 4.28. The smallest absolute Gasteiger partial charge is 0.221 e. The fraction of sp³-hybridized carbons (Fsp3) is 0.429. The molecular weight excluding hydrogens is 258 g/mol. The van der Waals surface area contributed by atoms with E-state index >= 15 is 0 Å². The van der Waals surface area contributed by atoms with Crippen LogP contribution in [-0.4, -0.2) is 22.4 Å². The summed E-state index contributed by atoms with van der Waals surface area (Å²) in [6.45, 7) is 5.79. The van der Waals surface area contributed by atoms with Crippen LogP contribution in [0.2, 0.25) is 0 Å². The van der Waals surface area contributed by atoms with E-state index in [1.807, 2.05) is 24.3 Å². The Bertz CT molecular complexity index is 511. The van der Waals surface area contributed by atoms with Crippen LogP contribution in [0.5, 0.6) is 0 Å². The summed E-state index contributed by atoms with van der Waals surface area (Å²) < 4.78 is 0. The van der Waals surface area contributed by atoms with Crippen LogP contribution in [0.3, 0.4) is 0 Å². The molecule has 1 aromatic rings. The van der Waals surface area contributed by atoms with Crippen molar-refractivity contribution in [3.8, 4) is 0 Å². The first-order chi connectivity index (χ1) is 8.94. The predicted molar refractivity (Wildman–Crippen MR) is 83.0 cm³/mol. The number of benzene rings is 1. The van der Waals surface area contributed by atoms with Crippen LogP contribution in [0, 0.1) is 0 Å². The van der Waals surface area contributed by atoms with Gasteiger partial charge in [-0.15, -0.1) is 0 Å². The van der Waals surface area contributed by atoms with Crippen molar-refractivity contribution >= 4 is 34.2 Å². The predicted octanol–water partition coefficient (Wildman–Crippen LogP) is 3.33. The van der Waals surface area contributed by atoms with E-state index in [4.69, 9.17) is 0 Å². The first kappa shape index (κ1) is 13.9. The number of amidine groups is 1. The maximum absolute atomic E-state index is 11.0. The fourth-order valence-electron chi connectivity index (χ4n) is 1.83. The molecule has 0 bridgehead atoms. The SMILES string of the molecule is CC(=O)Nc1cccc(NC2=NC(C)(C)CCS2)c1. The highest BCUT2D eigenvalue weighted by atomic mass is 32.2. The Morgan fingerprint density at radius 2 is 2.11 bits per heavy atom. The largest absolute Gasteiger partial charge is 0.335 e. The molecule has 0 aromatic heterocycles. The van der Waals surface area contributed by atoms with E-state index in [-0.39, 0.29) is 11.4 Å². The highest BCUT2D eigenvalue weighted by Crippen LogP contribution is 2.27. The number of rotatable bonds is 2. The zero-order valence-corrected chi connectivity index (χ0v) is 12.3. The molecule has 0 atom stereocenters. The fourth-order valence-corrected chi connectivity index (χ4v) is 3.12. The average molecular weight is 277 g/mol. The Labute approximate surface area is 118 Å². The molecule has 1 aliphatic rings. The van der Waals surface area contributed by atoms with Crippen LogP contribution < -0.4 is 10.6 Å². The molecule has 0 fully saturated rings. The Kier molecular flexibility index (Phi) is 4.14. The summed E-state index contributed by atoms with van der Waals surface area (Å²) in [7, 11) is 0. The van der Waals surface area contributed by atoms with Gasteiger partial charge < -0.3 is 10.6 Å². The Balaban J connectivity index is 2.11. The number of carbonyl (C=O) groups is 1. The van der Waals surface area contributed by atoms with Crippen molar-refractivity contribution < 1.29 is 4.79 Å². The molecule has 1 heterocycles. The molecule has 0 aliphatic carbocycles. The zero-order chi connectivity index (χ0) is 13.9. The van der Waals surface area contributed by atoms with Crippen molar-refractivity contribution in [2.45, 2.75) is 32.7 Å². The maximum Gasteiger partial charge on any atom is 0.221 e. The lowest BCUT2D eigenvalue weighted by atomic mass is 10.0. The Morgan fingerprint density at radius 1 is 1.37 bits per heavy atom. The van der Waals surface area contributed by atoms with Crippen LogP contribution in [0.1, 0.15) is 27.2 Å². The number of thioether (sulfide) groups is 1. The number of nitrogens with zero attached hydrogens (tertiary/aromatic N) is 1. The molecule has 0 unspecified atom stereocenters. The second kappa shape index (κ2) is 5.65. The monoisotopic (exact) mass is 277 g/mol. The summed E-state index contributed by atoms with van der Waals surface area (Å²) in [5.41, 5.74) is 1.73. The standard InChI is InChI=1S/C14H19N3OS/c1-10(18)15-11-5-4-6-12(9-11)16-13-17-14(2,3)7-8-19-13/h4-6,9H,7-8H2,1-3H3,(H,15,18)(H,16,17). The van der Waals surface area contributed by atoms with Crippen molar-refractivity contribution in [3.05, 3.63) is 24.3 Å². The molecule has 1 amide bonds. The van der Waals surface area contributed by atoms with E-state index in [0.29, 0.717) is 0 Å². The van der Waals surface area contributed by atoms with Crippen LogP contribution >= 0.6 is 11.8 Å². The molecule has 5 heteroatoms. The lowest BCUT2D eigenvalue weighted by Crippen LogP contribution is -2.27. The van der Waals surface area contributed by atoms with Gasteiger partial charge in [0.2, 0.25) is 5.91 Å². The van der Waals surface area contributed by atoms with Crippen molar-refractivity contribution in [1.82, 2.24) is 0 Å². The van der Waals surface area contributed by atoms with Crippen molar-refractivity contribution in [2.75, 3.05) is 16.4 Å². The first-order valence-corrected chi connectivity index (χ1v) is 7.30.